The van der Waals surface area contributed by atoms with Crippen LogP contribution in [-0.4, -0.2) is 21.7 Å². The van der Waals surface area contributed by atoms with E-state index in [4.69, 9.17) is 0 Å². The summed E-state index contributed by atoms with van der Waals surface area (Å²) < 4.78 is 0. The minimum absolute atomic E-state index is 0.148. The molecule has 2 aromatic carbocycles. The highest BCUT2D eigenvalue weighted by Crippen LogP contribution is 2.42. The molecule has 0 spiro atoms. The van der Waals surface area contributed by atoms with Crippen molar-refractivity contribution in [2.45, 2.75) is 163 Å². The number of phenols is 2. The lowest BCUT2D eigenvalue weighted by Gasteiger charge is -2.31. The van der Waals surface area contributed by atoms with E-state index in [0.29, 0.717) is 11.5 Å². The van der Waals surface area contributed by atoms with Crippen molar-refractivity contribution in [1.29, 1.82) is 0 Å². The van der Waals surface area contributed by atoms with Crippen molar-refractivity contribution in [3.63, 3.8) is 0 Å². The maximum Gasteiger partial charge on any atom is 0.123 e. The predicted molar refractivity (Wildman–Crippen MR) is 179 cm³/mol. The maximum atomic E-state index is 11.3. The van der Waals surface area contributed by atoms with Crippen molar-refractivity contribution in [1.82, 2.24) is 4.90 Å². The zero-order chi connectivity index (χ0) is 31.4. The number of aromatic hydroxyl groups is 2. The van der Waals surface area contributed by atoms with Crippen LogP contribution in [0.5, 0.6) is 11.5 Å². The normalized spacial score (nSPS) is 13.3. The Bertz CT molecular complexity index is 979. The molecule has 41 heavy (non-hydrogen) atoms. The molecule has 2 rings (SSSR count). The average molecular weight is 566 g/mol. The lowest BCUT2D eigenvalue weighted by Crippen LogP contribution is -2.26. The molecule has 0 amide bonds. The number of unbranched alkanes of at least 4 members (excludes halogenated alkanes) is 5. The van der Waals surface area contributed by atoms with E-state index >= 15 is 0 Å². The van der Waals surface area contributed by atoms with Crippen molar-refractivity contribution in [3.05, 3.63) is 57.6 Å². The number of hydrogen-bond acceptors (Lipinski definition) is 3. The SMILES string of the molecule is CCCCCCCCN(Cc1cc(C(C)(C)C)c(O)c(C(C)(C)C)c1)Cc1cc(C(C)(C)C)c(O)c(C(C)(C)C)c1. The Morgan fingerprint density at radius 3 is 1.07 bits per heavy atom. The third-order valence-electron chi connectivity index (χ3n) is 8.21. The van der Waals surface area contributed by atoms with Crippen molar-refractivity contribution in [2.75, 3.05) is 6.54 Å². The zero-order valence-corrected chi connectivity index (χ0v) is 29.0. The second kappa shape index (κ2) is 13.5. The molecule has 0 heterocycles. The fourth-order valence-corrected chi connectivity index (χ4v) is 5.70. The summed E-state index contributed by atoms with van der Waals surface area (Å²) in [4.78, 5) is 2.58. The lowest BCUT2D eigenvalue weighted by molar-refractivity contribution is 0.249. The van der Waals surface area contributed by atoms with Gasteiger partial charge in [0, 0.05) is 13.1 Å². The molecule has 2 aromatic rings. The first-order valence-electron chi connectivity index (χ1n) is 16.1. The van der Waals surface area contributed by atoms with Gasteiger partial charge < -0.3 is 10.2 Å². The lowest BCUT2D eigenvalue weighted by atomic mass is 9.78. The van der Waals surface area contributed by atoms with Crippen LogP contribution in [-0.2, 0) is 34.7 Å². The second-order valence-electron chi connectivity index (χ2n) is 16.6. The molecule has 0 saturated heterocycles. The fourth-order valence-electron chi connectivity index (χ4n) is 5.70. The fraction of sp³-hybridized carbons (Fsp3) is 0.684. The molecule has 0 unspecified atom stereocenters. The summed E-state index contributed by atoms with van der Waals surface area (Å²) in [5.74, 6) is 0.888. The van der Waals surface area contributed by atoms with Crippen LogP contribution in [0.25, 0.3) is 0 Å². The first-order valence-corrected chi connectivity index (χ1v) is 16.1. The van der Waals surface area contributed by atoms with Gasteiger partial charge in [0.2, 0.25) is 0 Å². The number of benzene rings is 2. The van der Waals surface area contributed by atoms with E-state index in [9.17, 15) is 10.2 Å². The highest BCUT2D eigenvalue weighted by Gasteiger charge is 2.29. The van der Waals surface area contributed by atoms with E-state index in [-0.39, 0.29) is 21.7 Å². The van der Waals surface area contributed by atoms with Crippen LogP contribution in [0.1, 0.15) is 162 Å². The average Bonchev–Trinajstić information content (AvgIpc) is 2.80. The Labute approximate surface area is 253 Å². The van der Waals surface area contributed by atoms with Crippen LogP contribution in [0.2, 0.25) is 0 Å². The predicted octanol–water partition coefficient (Wildman–Crippen LogP) is 10.7. The van der Waals surface area contributed by atoms with Gasteiger partial charge in [0.1, 0.15) is 11.5 Å². The molecule has 3 nitrogen and oxygen atoms in total. The minimum atomic E-state index is -0.148. The van der Waals surface area contributed by atoms with Gasteiger partial charge in [-0.25, -0.2) is 0 Å². The molecule has 0 saturated carbocycles. The van der Waals surface area contributed by atoms with Crippen molar-refractivity contribution >= 4 is 0 Å². The topological polar surface area (TPSA) is 43.7 Å². The van der Waals surface area contributed by atoms with Gasteiger partial charge >= 0.3 is 0 Å². The van der Waals surface area contributed by atoms with Gasteiger partial charge in [0.25, 0.3) is 0 Å². The van der Waals surface area contributed by atoms with Crippen LogP contribution >= 0.6 is 0 Å². The standard InChI is InChI=1S/C38H63NO2/c1-14-15-16-17-18-19-20-39(25-27-21-29(35(2,3)4)33(40)30(22-27)36(5,6)7)26-28-23-31(37(8,9)10)34(41)32(24-28)38(11,12)13/h21-24,40-41H,14-20,25-26H2,1-13H3. The molecule has 232 valence electrons. The zero-order valence-electron chi connectivity index (χ0n) is 29.0. The maximum absolute atomic E-state index is 11.3. The largest absolute Gasteiger partial charge is 0.507 e. The molecule has 0 fully saturated rings. The molecule has 3 heteroatoms. The Kier molecular flexibility index (Phi) is 11.6. The molecular weight excluding hydrogens is 502 g/mol. The highest BCUT2D eigenvalue weighted by atomic mass is 16.3. The third-order valence-corrected chi connectivity index (χ3v) is 8.21. The smallest absolute Gasteiger partial charge is 0.123 e. The summed E-state index contributed by atoms with van der Waals surface area (Å²) in [6.45, 7) is 31.2. The Hall–Kier alpha value is -2.00. The second-order valence-corrected chi connectivity index (χ2v) is 16.6. The summed E-state index contributed by atoms with van der Waals surface area (Å²) in [7, 11) is 0. The molecule has 0 radical (unpaired) electrons. The Morgan fingerprint density at radius 2 is 0.780 bits per heavy atom. The van der Waals surface area contributed by atoms with E-state index in [0.717, 1.165) is 41.9 Å². The molecule has 0 bridgehead atoms. The van der Waals surface area contributed by atoms with Gasteiger partial charge in [0.05, 0.1) is 0 Å². The first-order chi connectivity index (χ1) is 18.7. The summed E-state index contributed by atoms with van der Waals surface area (Å²) >= 11 is 0. The van der Waals surface area contributed by atoms with Gasteiger partial charge in [0.15, 0.2) is 0 Å². The molecule has 0 aromatic heterocycles. The minimum Gasteiger partial charge on any atom is -0.507 e. The van der Waals surface area contributed by atoms with E-state index in [2.05, 4.69) is 119 Å². The van der Waals surface area contributed by atoms with Gasteiger partial charge in [-0.1, -0.05) is 146 Å². The van der Waals surface area contributed by atoms with Gasteiger partial charge in [-0.2, -0.15) is 0 Å². The highest BCUT2D eigenvalue weighted by molar-refractivity contribution is 5.51. The van der Waals surface area contributed by atoms with Crippen molar-refractivity contribution in [2.24, 2.45) is 0 Å². The van der Waals surface area contributed by atoms with Crippen LogP contribution in [0.15, 0.2) is 24.3 Å². The van der Waals surface area contributed by atoms with E-state index in [1.54, 1.807) is 0 Å². The third kappa shape index (κ3) is 10.1. The van der Waals surface area contributed by atoms with Crippen LogP contribution in [0, 0.1) is 0 Å². The van der Waals surface area contributed by atoms with Gasteiger partial charge in [-0.3, -0.25) is 4.90 Å². The van der Waals surface area contributed by atoms with Crippen molar-refractivity contribution in [3.8, 4) is 11.5 Å². The van der Waals surface area contributed by atoms with Crippen LogP contribution < -0.4 is 0 Å². The van der Waals surface area contributed by atoms with Crippen molar-refractivity contribution < 1.29 is 10.2 Å². The summed E-state index contributed by atoms with van der Waals surface area (Å²) in [6.07, 6.45) is 7.64. The number of phenolic OH excluding ortho intramolecular Hbond substituents is 2. The Balaban J connectivity index is 2.55. The first kappa shape index (κ1) is 35.2. The molecule has 0 atom stereocenters. The number of nitrogens with zero attached hydrogens (tertiary/aromatic N) is 1. The molecule has 0 aliphatic rings. The Morgan fingerprint density at radius 1 is 0.488 bits per heavy atom. The van der Waals surface area contributed by atoms with Crippen LogP contribution in [0.4, 0.5) is 0 Å². The molecular formula is C38H63NO2. The van der Waals surface area contributed by atoms with E-state index < -0.39 is 0 Å². The summed E-state index contributed by atoms with van der Waals surface area (Å²) in [5, 5.41) is 22.6. The number of hydrogen-bond donors (Lipinski definition) is 2. The number of rotatable bonds is 11. The summed E-state index contributed by atoms with van der Waals surface area (Å²) in [5.41, 5.74) is 6.01. The quantitative estimate of drug-likeness (QED) is 0.266. The van der Waals surface area contributed by atoms with Crippen LogP contribution in [0.3, 0.4) is 0 Å². The molecule has 0 aliphatic carbocycles. The summed E-state index contributed by atoms with van der Waals surface area (Å²) in [6, 6.07) is 8.93. The van der Waals surface area contributed by atoms with Gasteiger partial charge in [-0.15, -0.1) is 0 Å². The van der Waals surface area contributed by atoms with E-state index in [1.807, 2.05) is 0 Å². The monoisotopic (exact) mass is 565 g/mol. The van der Waals surface area contributed by atoms with Gasteiger partial charge in [-0.05, 0) is 68.0 Å². The molecule has 0 aliphatic heterocycles. The van der Waals surface area contributed by atoms with E-state index in [1.165, 1.54) is 49.7 Å². The molecule has 2 N–H and O–H groups in total.